The zero-order valence-corrected chi connectivity index (χ0v) is 12.7. The smallest absolute Gasteiger partial charge is 0.103 e. The number of nitrogens with zero attached hydrogens (tertiary/aromatic N) is 2. The van der Waals surface area contributed by atoms with Crippen molar-refractivity contribution < 1.29 is 4.42 Å². The Kier molecular flexibility index (Phi) is 4.79. The van der Waals surface area contributed by atoms with Crippen LogP contribution in [-0.4, -0.2) is 9.78 Å². The molecule has 2 rings (SSSR count). The maximum absolute atomic E-state index is 5.70. The van der Waals surface area contributed by atoms with E-state index in [2.05, 4.69) is 40.3 Å². The van der Waals surface area contributed by atoms with Crippen LogP contribution in [0.2, 0.25) is 0 Å². The van der Waals surface area contributed by atoms with E-state index in [1.165, 1.54) is 0 Å². The number of nitrogens with one attached hydrogen (secondary N) is 1. The molecule has 0 saturated carbocycles. The highest BCUT2D eigenvalue weighted by molar-refractivity contribution is 9.10. The lowest BCUT2D eigenvalue weighted by molar-refractivity contribution is 0.415. The van der Waals surface area contributed by atoms with E-state index in [0.29, 0.717) is 6.04 Å². The maximum Gasteiger partial charge on any atom is 0.103 e. The third-order valence-corrected chi connectivity index (χ3v) is 3.68. The Bertz CT molecular complexity index is 507. The summed E-state index contributed by atoms with van der Waals surface area (Å²) in [5.41, 5.74) is 3.94. The molecule has 2 aromatic heterocycles. The Labute approximate surface area is 121 Å². The SMILES string of the molecule is CC(C)n1ncc(Br)c1C(CCc1ccco1)NN. The van der Waals surface area contributed by atoms with Crippen molar-refractivity contribution in [3.05, 3.63) is 40.5 Å². The molecule has 1 unspecified atom stereocenters. The highest BCUT2D eigenvalue weighted by Crippen LogP contribution is 2.28. The molecule has 0 aromatic carbocycles. The Morgan fingerprint density at radius 3 is 2.89 bits per heavy atom. The van der Waals surface area contributed by atoms with Gasteiger partial charge < -0.3 is 4.42 Å². The number of halogens is 1. The van der Waals surface area contributed by atoms with Gasteiger partial charge in [-0.1, -0.05) is 0 Å². The van der Waals surface area contributed by atoms with Crippen LogP contribution in [0.3, 0.4) is 0 Å². The molecular formula is C13H19BrN4O. The van der Waals surface area contributed by atoms with Crippen LogP contribution in [-0.2, 0) is 6.42 Å². The number of hydrazine groups is 1. The van der Waals surface area contributed by atoms with E-state index in [1.54, 1.807) is 6.26 Å². The summed E-state index contributed by atoms with van der Waals surface area (Å²) in [6, 6.07) is 4.20. The van der Waals surface area contributed by atoms with Gasteiger partial charge in [0.25, 0.3) is 0 Å². The largest absolute Gasteiger partial charge is 0.469 e. The van der Waals surface area contributed by atoms with Crippen LogP contribution in [0.5, 0.6) is 0 Å². The van der Waals surface area contributed by atoms with Crippen LogP contribution in [0.25, 0.3) is 0 Å². The average Bonchev–Trinajstić information content (AvgIpc) is 3.00. The van der Waals surface area contributed by atoms with E-state index in [1.807, 2.05) is 23.0 Å². The molecule has 0 amide bonds. The van der Waals surface area contributed by atoms with Gasteiger partial charge in [0.05, 0.1) is 28.7 Å². The Morgan fingerprint density at radius 1 is 1.53 bits per heavy atom. The second-order valence-electron chi connectivity index (χ2n) is 4.75. The van der Waals surface area contributed by atoms with Gasteiger partial charge in [-0.05, 0) is 48.3 Å². The molecule has 0 aliphatic rings. The molecule has 5 nitrogen and oxygen atoms in total. The quantitative estimate of drug-likeness (QED) is 0.632. The van der Waals surface area contributed by atoms with Crippen molar-refractivity contribution in [1.29, 1.82) is 0 Å². The minimum Gasteiger partial charge on any atom is -0.469 e. The summed E-state index contributed by atoms with van der Waals surface area (Å²) in [7, 11) is 0. The summed E-state index contributed by atoms with van der Waals surface area (Å²) in [6.45, 7) is 4.20. The molecule has 19 heavy (non-hydrogen) atoms. The minimum atomic E-state index is 0.0318. The Balaban J connectivity index is 2.15. The normalized spacial score (nSPS) is 13.1. The standard InChI is InChI=1S/C13H19BrN4O/c1-9(2)18-13(11(14)8-16-18)12(17-15)6-5-10-4-3-7-19-10/h3-4,7-9,12,17H,5-6,15H2,1-2H3. The van der Waals surface area contributed by atoms with Crippen LogP contribution in [0.1, 0.15) is 43.8 Å². The van der Waals surface area contributed by atoms with Crippen LogP contribution in [0.4, 0.5) is 0 Å². The van der Waals surface area contributed by atoms with E-state index in [4.69, 9.17) is 10.3 Å². The molecule has 6 heteroatoms. The van der Waals surface area contributed by atoms with Crippen molar-refractivity contribution in [1.82, 2.24) is 15.2 Å². The number of hydrogen-bond acceptors (Lipinski definition) is 4. The molecule has 0 spiro atoms. The van der Waals surface area contributed by atoms with E-state index < -0.39 is 0 Å². The number of aromatic nitrogens is 2. The van der Waals surface area contributed by atoms with Crippen LogP contribution in [0, 0.1) is 0 Å². The van der Waals surface area contributed by atoms with Crippen molar-refractivity contribution in [3.8, 4) is 0 Å². The van der Waals surface area contributed by atoms with Gasteiger partial charge in [0.1, 0.15) is 5.76 Å². The molecule has 1 atom stereocenters. The van der Waals surface area contributed by atoms with E-state index >= 15 is 0 Å². The fraction of sp³-hybridized carbons (Fsp3) is 0.462. The van der Waals surface area contributed by atoms with Gasteiger partial charge in [-0.2, -0.15) is 5.10 Å². The topological polar surface area (TPSA) is 69.0 Å². The second-order valence-corrected chi connectivity index (χ2v) is 5.61. The highest BCUT2D eigenvalue weighted by atomic mass is 79.9. The third kappa shape index (κ3) is 3.26. The number of aryl methyl sites for hydroxylation is 1. The van der Waals surface area contributed by atoms with Gasteiger partial charge in [-0.3, -0.25) is 16.0 Å². The molecule has 0 bridgehead atoms. The van der Waals surface area contributed by atoms with E-state index in [9.17, 15) is 0 Å². The van der Waals surface area contributed by atoms with Crippen molar-refractivity contribution >= 4 is 15.9 Å². The second kappa shape index (κ2) is 6.36. The lowest BCUT2D eigenvalue weighted by Crippen LogP contribution is -2.31. The number of rotatable bonds is 6. The van der Waals surface area contributed by atoms with Gasteiger partial charge in [-0.15, -0.1) is 0 Å². The Morgan fingerprint density at radius 2 is 2.32 bits per heavy atom. The number of furan rings is 1. The zero-order valence-electron chi connectivity index (χ0n) is 11.1. The monoisotopic (exact) mass is 326 g/mol. The molecule has 0 radical (unpaired) electrons. The molecule has 2 heterocycles. The summed E-state index contributed by atoms with van der Waals surface area (Å²) >= 11 is 3.54. The van der Waals surface area contributed by atoms with Crippen molar-refractivity contribution in [3.63, 3.8) is 0 Å². The van der Waals surface area contributed by atoms with Crippen molar-refractivity contribution in [2.45, 2.75) is 38.8 Å². The first-order valence-corrected chi connectivity index (χ1v) is 7.14. The molecule has 0 aliphatic carbocycles. The van der Waals surface area contributed by atoms with Gasteiger partial charge in [0.2, 0.25) is 0 Å². The first-order chi connectivity index (χ1) is 9.13. The minimum absolute atomic E-state index is 0.0318. The molecule has 104 valence electrons. The first kappa shape index (κ1) is 14.3. The van der Waals surface area contributed by atoms with Gasteiger partial charge in [0, 0.05) is 12.5 Å². The van der Waals surface area contributed by atoms with E-state index in [0.717, 1.165) is 28.8 Å². The fourth-order valence-corrected chi connectivity index (χ4v) is 2.68. The maximum atomic E-state index is 5.70. The predicted octanol–water partition coefficient (Wildman–Crippen LogP) is 2.96. The summed E-state index contributed by atoms with van der Waals surface area (Å²) in [6.07, 6.45) is 5.18. The number of hydrogen-bond donors (Lipinski definition) is 2. The average molecular weight is 327 g/mol. The van der Waals surface area contributed by atoms with Crippen LogP contribution < -0.4 is 11.3 Å². The lowest BCUT2D eigenvalue weighted by atomic mass is 10.1. The van der Waals surface area contributed by atoms with Gasteiger partial charge >= 0.3 is 0 Å². The lowest BCUT2D eigenvalue weighted by Gasteiger charge is -2.20. The van der Waals surface area contributed by atoms with Crippen molar-refractivity contribution in [2.75, 3.05) is 0 Å². The highest BCUT2D eigenvalue weighted by Gasteiger charge is 2.20. The van der Waals surface area contributed by atoms with Crippen molar-refractivity contribution in [2.24, 2.45) is 5.84 Å². The molecule has 2 aromatic rings. The number of nitrogens with two attached hydrogens (primary N) is 1. The molecule has 0 saturated heterocycles. The van der Waals surface area contributed by atoms with Crippen LogP contribution >= 0.6 is 15.9 Å². The van der Waals surface area contributed by atoms with Gasteiger partial charge in [0.15, 0.2) is 0 Å². The van der Waals surface area contributed by atoms with E-state index in [-0.39, 0.29) is 6.04 Å². The molecule has 0 fully saturated rings. The molecule has 0 aliphatic heterocycles. The summed E-state index contributed by atoms with van der Waals surface area (Å²) in [5.74, 6) is 6.66. The fourth-order valence-electron chi connectivity index (χ4n) is 2.13. The summed E-state index contributed by atoms with van der Waals surface area (Å²) < 4.78 is 8.31. The van der Waals surface area contributed by atoms with Crippen LogP contribution in [0.15, 0.2) is 33.5 Å². The first-order valence-electron chi connectivity index (χ1n) is 6.35. The summed E-state index contributed by atoms with van der Waals surface area (Å²) in [5, 5.41) is 4.38. The third-order valence-electron chi connectivity index (χ3n) is 3.07. The molecule has 3 N–H and O–H groups in total. The predicted molar refractivity (Wildman–Crippen MR) is 77.4 cm³/mol. The zero-order chi connectivity index (χ0) is 13.8. The Hall–Kier alpha value is -1.11. The van der Waals surface area contributed by atoms with Gasteiger partial charge in [-0.25, -0.2) is 0 Å². The molecular weight excluding hydrogens is 308 g/mol. The summed E-state index contributed by atoms with van der Waals surface area (Å²) in [4.78, 5) is 0.